The van der Waals surface area contributed by atoms with Crippen LogP contribution in [0.25, 0.3) is 0 Å². The molecule has 92 valence electrons. The van der Waals surface area contributed by atoms with Crippen LogP contribution in [0.4, 0.5) is 4.39 Å². The monoisotopic (exact) mass is 242 g/mol. The van der Waals surface area contributed by atoms with Crippen LogP contribution in [0.15, 0.2) is 18.3 Å². The van der Waals surface area contributed by atoms with Crippen molar-refractivity contribution < 1.29 is 23.8 Å². The van der Waals surface area contributed by atoms with Crippen molar-refractivity contribution in [3.63, 3.8) is 0 Å². The quantitative estimate of drug-likeness (QED) is 0.548. The Morgan fingerprint density at radius 2 is 2.35 bits per heavy atom. The van der Waals surface area contributed by atoms with Crippen molar-refractivity contribution >= 4 is 11.9 Å². The van der Waals surface area contributed by atoms with Gasteiger partial charge in [-0.3, -0.25) is 4.79 Å². The Hall–Kier alpha value is -2.02. The number of nitrogens with one attached hydrogen (secondary N) is 1. The van der Waals surface area contributed by atoms with Crippen LogP contribution >= 0.6 is 0 Å². The van der Waals surface area contributed by atoms with Gasteiger partial charge in [-0.15, -0.1) is 0 Å². The molecule has 6 nitrogen and oxygen atoms in total. The maximum absolute atomic E-state index is 12.7. The fraction of sp³-hybridized carbons (Fsp3) is 0.300. The molecule has 0 aliphatic carbocycles. The van der Waals surface area contributed by atoms with Gasteiger partial charge in [0.1, 0.15) is 0 Å². The molecular weight excluding hydrogens is 231 g/mol. The van der Waals surface area contributed by atoms with E-state index in [4.69, 9.17) is 0 Å². The van der Waals surface area contributed by atoms with E-state index in [1.54, 1.807) is 0 Å². The van der Waals surface area contributed by atoms with Gasteiger partial charge in [0.05, 0.1) is 13.7 Å². The van der Waals surface area contributed by atoms with E-state index in [1.807, 2.05) is 0 Å². The average Bonchev–Trinajstić information content (AvgIpc) is 2.34. The van der Waals surface area contributed by atoms with Gasteiger partial charge in [-0.05, 0) is 6.07 Å². The van der Waals surface area contributed by atoms with Gasteiger partial charge in [-0.2, -0.15) is 4.39 Å². The number of aromatic nitrogens is 1. The zero-order valence-electron chi connectivity index (χ0n) is 9.01. The van der Waals surface area contributed by atoms with Crippen LogP contribution in [0.2, 0.25) is 0 Å². The van der Waals surface area contributed by atoms with Gasteiger partial charge in [-0.25, -0.2) is 9.78 Å². The Morgan fingerprint density at radius 3 is 2.94 bits per heavy atom. The van der Waals surface area contributed by atoms with Crippen molar-refractivity contribution in [2.75, 3.05) is 13.7 Å². The standard InChI is InChI=1S/C10H11FN2O4/c1-17-10(16)7(14)5-13-9(15)6-2-3-12-8(11)4-6/h2-4,7,14H,5H2,1H3,(H,13,15). The van der Waals surface area contributed by atoms with Crippen molar-refractivity contribution in [3.8, 4) is 0 Å². The summed E-state index contributed by atoms with van der Waals surface area (Å²) in [5.41, 5.74) is 0.0505. The maximum atomic E-state index is 12.7. The molecule has 1 amide bonds. The van der Waals surface area contributed by atoms with E-state index in [2.05, 4.69) is 15.0 Å². The lowest BCUT2D eigenvalue weighted by Crippen LogP contribution is -2.37. The summed E-state index contributed by atoms with van der Waals surface area (Å²) in [6, 6.07) is 2.25. The van der Waals surface area contributed by atoms with E-state index in [0.717, 1.165) is 19.4 Å². The van der Waals surface area contributed by atoms with Crippen LogP contribution < -0.4 is 5.32 Å². The lowest BCUT2D eigenvalue weighted by molar-refractivity contribution is -0.149. The molecule has 17 heavy (non-hydrogen) atoms. The van der Waals surface area contributed by atoms with Crippen molar-refractivity contribution in [3.05, 3.63) is 29.8 Å². The first kappa shape index (κ1) is 13.0. The van der Waals surface area contributed by atoms with Crippen LogP contribution in [0, 0.1) is 5.95 Å². The maximum Gasteiger partial charge on any atom is 0.336 e. The topological polar surface area (TPSA) is 88.5 Å². The molecule has 0 aliphatic heterocycles. The molecule has 1 aromatic rings. The van der Waals surface area contributed by atoms with Crippen LogP contribution in [0.1, 0.15) is 10.4 Å². The molecule has 7 heteroatoms. The summed E-state index contributed by atoms with van der Waals surface area (Å²) in [5, 5.41) is 11.4. The number of halogens is 1. The highest BCUT2D eigenvalue weighted by Gasteiger charge is 2.16. The number of rotatable bonds is 4. The summed E-state index contributed by atoms with van der Waals surface area (Å²) in [4.78, 5) is 25.6. The summed E-state index contributed by atoms with van der Waals surface area (Å²) in [6.07, 6.45) is -0.309. The minimum absolute atomic E-state index is 0.0505. The average molecular weight is 242 g/mol. The number of ether oxygens (including phenoxy) is 1. The molecule has 1 aromatic heterocycles. The van der Waals surface area contributed by atoms with Gasteiger partial charge in [0, 0.05) is 17.8 Å². The molecule has 2 N–H and O–H groups in total. The number of aliphatic hydroxyl groups is 1. The SMILES string of the molecule is COC(=O)C(O)CNC(=O)c1ccnc(F)c1. The fourth-order valence-electron chi connectivity index (χ4n) is 1.05. The van der Waals surface area contributed by atoms with Gasteiger partial charge in [0.2, 0.25) is 5.95 Å². The highest BCUT2D eigenvalue weighted by Crippen LogP contribution is 2.00. The number of esters is 1. The predicted octanol–water partition coefficient (Wildman–Crippen LogP) is -0.516. The molecule has 0 aromatic carbocycles. The number of aliphatic hydroxyl groups excluding tert-OH is 1. The minimum atomic E-state index is -1.45. The number of carbonyl (C=O) groups is 2. The zero-order chi connectivity index (χ0) is 12.8. The number of amides is 1. The molecule has 1 rings (SSSR count). The third-order valence-electron chi connectivity index (χ3n) is 1.92. The van der Waals surface area contributed by atoms with E-state index in [9.17, 15) is 19.1 Å². The Labute approximate surface area is 96.4 Å². The summed E-state index contributed by atoms with van der Waals surface area (Å²) < 4.78 is 17.0. The summed E-state index contributed by atoms with van der Waals surface area (Å²) in [6.45, 7) is -0.310. The van der Waals surface area contributed by atoms with Gasteiger partial charge in [0.25, 0.3) is 5.91 Å². The molecule has 0 saturated carbocycles. The first-order valence-corrected chi connectivity index (χ1v) is 4.70. The van der Waals surface area contributed by atoms with E-state index >= 15 is 0 Å². The highest BCUT2D eigenvalue weighted by atomic mass is 19.1. The zero-order valence-corrected chi connectivity index (χ0v) is 9.01. The molecule has 0 bridgehead atoms. The number of nitrogens with zero attached hydrogens (tertiary/aromatic N) is 1. The van der Waals surface area contributed by atoms with Crippen molar-refractivity contribution in [2.45, 2.75) is 6.10 Å². The van der Waals surface area contributed by atoms with E-state index in [1.165, 1.54) is 6.07 Å². The second kappa shape index (κ2) is 5.90. The highest BCUT2D eigenvalue weighted by molar-refractivity contribution is 5.94. The first-order valence-electron chi connectivity index (χ1n) is 4.70. The second-order valence-corrected chi connectivity index (χ2v) is 3.12. The van der Waals surface area contributed by atoms with Crippen LogP contribution in [-0.4, -0.2) is 41.7 Å². The number of hydrogen-bond donors (Lipinski definition) is 2. The fourth-order valence-corrected chi connectivity index (χ4v) is 1.05. The van der Waals surface area contributed by atoms with E-state index in [0.29, 0.717) is 0 Å². The summed E-state index contributed by atoms with van der Waals surface area (Å²) in [5.74, 6) is -2.26. The third-order valence-corrected chi connectivity index (χ3v) is 1.92. The molecule has 1 atom stereocenters. The Balaban J connectivity index is 2.53. The van der Waals surface area contributed by atoms with E-state index in [-0.39, 0.29) is 12.1 Å². The smallest absolute Gasteiger partial charge is 0.336 e. The van der Waals surface area contributed by atoms with Gasteiger partial charge in [-0.1, -0.05) is 0 Å². The summed E-state index contributed by atoms with van der Waals surface area (Å²) in [7, 11) is 1.12. The van der Waals surface area contributed by atoms with Crippen molar-refractivity contribution in [1.82, 2.24) is 10.3 Å². The van der Waals surface area contributed by atoms with Crippen LogP contribution in [0.5, 0.6) is 0 Å². The van der Waals surface area contributed by atoms with Gasteiger partial charge < -0.3 is 15.2 Å². The van der Waals surface area contributed by atoms with E-state index < -0.39 is 23.9 Å². The third kappa shape index (κ3) is 3.80. The second-order valence-electron chi connectivity index (χ2n) is 3.12. The number of pyridine rings is 1. The molecule has 0 spiro atoms. The summed E-state index contributed by atoms with van der Waals surface area (Å²) >= 11 is 0. The molecule has 1 unspecified atom stereocenters. The van der Waals surface area contributed by atoms with Gasteiger partial charge in [0.15, 0.2) is 6.10 Å². The largest absolute Gasteiger partial charge is 0.467 e. The Bertz CT molecular complexity index is 425. The van der Waals surface area contributed by atoms with Crippen LogP contribution in [-0.2, 0) is 9.53 Å². The van der Waals surface area contributed by atoms with Gasteiger partial charge >= 0.3 is 5.97 Å². The lowest BCUT2D eigenvalue weighted by atomic mass is 10.2. The number of carbonyl (C=O) groups excluding carboxylic acids is 2. The first-order chi connectivity index (χ1) is 8.04. The molecular formula is C10H11FN2O4. The predicted molar refractivity (Wildman–Crippen MR) is 54.6 cm³/mol. The van der Waals surface area contributed by atoms with Crippen LogP contribution in [0.3, 0.4) is 0 Å². The molecule has 1 heterocycles. The molecule has 0 saturated heterocycles. The van der Waals surface area contributed by atoms with Crippen molar-refractivity contribution in [2.24, 2.45) is 0 Å². The van der Waals surface area contributed by atoms with Crippen molar-refractivity contribution in [1.29, 1.82) is 0 Å². The number of methoxy groups -OCH3 is 1. The lowest BCUT2D eigenvalue weighted by Gasteiger charge is -2.09. The normalized spacial score (nSPS) is 11.7. The number of hydrogen-bond acceptors (Lipinski definition) is 5. The molecule has 0 aliphatic rings. The Morgan fingerprint density at radius 1 is 1.65 bits per heavy atom. The molecule has 0 radical (unpaired) electrons. The minimum Gasteiger partial charge on any atom is -0.467 e. The Kier molecular flexibility index (Phi) is 4.53. The molecule has 0 fully saturated rings.